The molecule has 3 aliphatic heterocycles. The van der Waals surface area contributed by atoms with Crippen molar-refractivity contribution >= 4 is 168 Å². The zero-order valence-corrected chi connectivity index (χ0v) is 85.4. The summed E-state index contributed by atoms with van der Waals surface area (Å²) in [7, 11) is -21.5. The third-order valence-corrected chi connectivity index (χ3v) is 30.1. The first-order chi connectivity index (χ1) is 68.5. The fraction of sp³-hybridized carbons (Fsp3) is 0.206. The van der Waals surface area contributed by atoms with Crippen molar-refractivity contribution < 1.29 is 103 Å². The van der Waals surface area contributed by atoms with E-state index in [-0.39, 0.29) is 133 Å². The zero-order chi connectivity index (χ0) is 104. The molecule has 35 nitrogen and oxygen atoms in total. The predicted molar refractivity (Wildman–Crippen MR) is 556 cm³/mol. The van der Waals surface area contributed by atoms with Gasteiger partial charge in [-0.1, -0.05) is 179 Å². The second kappa shape index (κ2) is 52.7. The Morgan fingerprint density at radius 1 is 0.347 bits per heavy atom. The van der Waals surface area contributed by atoms with Crippen molar-refractivity contribution in [2.75, 3.05) is 138 Å². The molecule has 0 unspecified atom stereocenters. The van der Waals surface area contributed by atoms with E-state index in [0.29, 0.717) is 104 Å². The SMILES string of the molecule is CC(=O)c1ccc(C(=O)Nc2ccccc2S(=O)(=O)N2CCOCC2)cc1.CC(=O)c1cccc(C(=O)Nc2ccccc2S(=O)(=O)N2CCOCC2)c1.CCS(=O)(=O)Nc1ccccc1C(=O)Nc1ccccc1.CS(=O)(=O)Nc1ccccc1C(=O)Nc1ccc(Br)cc1.CS(=O)(=O)Nc1ccccc1C(=O)Nc1ccc(CC#N)cc1.Cc1ccc(C(=O)Cc2ccccc2S(=O)(=O)N2CCOCC2)cc1. The van der Waals surface area contributed by atoms with Gasteiger partial charge in [-0.15, -0.1) is 0 Å². The third kappa shape index (κ3) is 33.8. The van der Waals surface area contributed by atoms with Crippen molar-refractivity contribution in [3.05, 3.63) is 363 Å². The predicted octanol–water partition coefficient (Wildman–Crippen LogP) is 14.9. The molecule has 0 spiro atoms. The van der Waals surface area contributed by atoms with Crippen molar-refractivity contribution in [2.24, 2.45) is 0 Å². The smallest absolute Gasteiger partial charge is 0.257 e. The summed E-state index contributed by atoms with van der Waals surface area (Å²) < 4.78 is 174. The van der Waals surface area contributed by atoms with Crippen molar-refractivity contribution in [2.45, 2.75) is 55.2 Å². The van der Waals surface area contributed by atoms with E-state index < -0.39 is 77.9 Å². The number of carbonyl (C=O) groups is 8. The van der Waals surface area contributed by atoms with Crippen LogP contribution in [-0.2, 0) is 87.2 Å². The molecule has 12 aromatic rings. The van der Waals surface area contributed by atoms with Gasteiger partial charge in [0, 0.05) is 95.0 Å². The van der Waals surface area contributed by atoms with E-state index in [4.69, 9.17) is 19.5 Å². The van der Waals surface area contributed by atoms with Crippen molar-refractivity contribution in [1.29, 1.82) is 5.26 Å². The number of morpholine rings is 3. The minimum atomic E-state index is -3.76. The van der Waals surface area contributed by atoms with Crippen LogP contribution < -0.4 is 40.8 Å². The highest BCUT2D eigenvalue weighted by Crippen LogP contribution is 2.31. The number of hydrogen-bond acceptors (Lipinski definition) is 24. The molecule has 8 N–H and O–H groups in total. The van der Waals surface area contributed by atoms with Gasteiger partial charge in [-0.3, -0.25) is 52.5 Å². The Labute approximate surface area is 845 Å². The summed E-state index contributed by atoms with van der Waals surface area (Å²) in [6, 6.07) is 83.3. The monoisotopic (exact) mass is 2140 g/mol. The average Bonchev–Trinajstić information content (AvgIpc) is 0.797. The number of amides is 5. The lowest BCUT2D eigenvalue weighted by molar-refractivity contribution is 0.0730. The molecule has 15 rings (SSSR count). The van der Waals surface area contributed by atoms with Gasteiger partial charge in [0.25, 0.3) is 29.5 Å². The van der Waals surface area contributed by atoms with Crippen LogP contribution >= 0.6 is 15.9 Å². The van der Waals surface area contributed by atoms with E-state index in [0.717, 1.165) is 28.1 Å². The number of sulfonamides is 6. The number of hydrogen-bond donors (Lipinski definition) is 8. The van der Waals surface area contributed by atoms with Gasteiger partial charge < -0.3 is 40.8 Å². The lowest BCUT2D eigenvalue weighted by atomic mass is 10.0. The molecule has 3 fully saturated rings. The molecule has 0 aromatic heterocycles. The molecular formula is C102H105BrN12O23S6. The number of nitriles is 1. The lowest BCUT2D eigenvalue weighted by Crippen LogP contribution is -2.41. The Hall–Kier alpha value is -14.2. The molecular weight excluding hydrogens is 2030 g/mol. The number of nitrogens with one attached hydrogen (secondary N) is 8. The Morgan fingerprint density at radius 2 is 0.688 bits per heavy atom. The number of benzene rings is 12. The standard InChI is InChI=1S/2C19H20N2O5S.C19H21NO4S.C16H15N3O3S.C15H16N2O3S.C14H13BrN2O3S/c1-14(22)15-5-4-6-16(13-15)19(23)20-17-7-2-3-8-18(17)27(24,25)21-9-11-26-12-10-21;1-14(22)15-6-8-16(9-7-15)19(23)20-17-4-2-3-5-18(17)27(24,25)21-10-12-26-13-11-21;1-15-6-8-16(9-7-15)18(21)14-17-4-2-3-5-19(17)25(22,23)20-10-12-24-13-11-20;1-23(21,22)19-15-5-3-2-4-14(15)16(20)18-13-8-6-12(7-9-13)10-11-17;1-2-21(19,20)17-14-11-7-6-10-13(14)15(18)16-12-8-4-3-5-9-12;1-21(19,20)17-13-5-3-2-4-12(13)14(18)16-11-8-6-10(15)7-9-11/h2-8,13H,9-12H2,1H3,(H,20,23);2-9H,10-13H2,1H3,(H,20,23);2-9H,10-14H2,1H3;2-9,19H,10H2,1H3,(H,18,20);3-11,17H,2H2,1H3,(H,16,18);2-9,17H,1H3,(H,16,18). The summed E-state index contributed by atoms with van der Waals surface area (Å²) in [5, 5.41) is 22.1. The van der Waals surface area contributed by atoms with Gasteiger partial charge in [0.05, 0.1) is 120 Å². The maximum absolute atomic E-state index is 12.9. The quantitative estimate of drug-likeness (QED) is 0.0202. The molecule has 3 saturated heterocycles. The van der Waals surface area contributed by atoms with Gasteiger partial charge in [0.15, 0.2) is 17.3 Å². The van der Waals surface area contributed by atoms with Gasteiger partial charge in [0.2, 0.25) is 60.1 Å². The molecule has 3 aliphatic rings. The van der Waals surface area contributed by atoms with E-state index in [9.17, 15) is 88.9 Å². The van der Waals surface area contributed by atoms with Crippen molar-refractivity contribution in [3.63, 3.8) is 0 Å². The number of rotatable bonds is 29. The van der Waals surface area contributed by atoms with E-state index in [1.165, 1.54) is 82.2 Å². The fourth-order valence-corrected chi connectivity index (χ4v) is 20.6. The maximum Gasteiger partial charge on any atom is 0.257 e. The first kappa shape index (κ1) is 112. The van der Waals surface area contributed by atoms with Crippen molar-refractivity contribution in [3.8, 4) is 6.07 Å². The Bertz CT molecular complexity index is 7370. The third-order valence-electron chi connectivity index (χ3n) is 21.2. The summed E-state index contributed by atoms with van der Waals surface area (Å²) in [5.74, 6) is -2.50. The molecule has 42 heteroatoms. The number of para-hydroxylation sites is 6. The minimum Gasteiger partial charge on any atom is -0.379 e. The molecule has 0 bridgehead atoms. The Morgan fingerprint density at radius 3 is 1.10 bits per heavy atom. The van der Waals surface area contributed by atoms with Gasteiger partial charge in [-0.2, -0.15) is 18.2 Å². The zero-order valence-electron chi connectivity index (χ0n) is 78.9. The van der Waals surface area contributed by atoms with Crippen LogP contribution in [0.5, 0.6) is 0 Å². The summed E-state index contributed by atoms with van der Waals surface area (Å²) in [5.41, 5.74) is 8.30. The molecule has 144 heavy (non-hydrogen) atoms. The molecule has 0 atom stereocenters. The second-order valence-corrected chi connectivity index (χ2v) is 44.1. The number of aryl methyl sites for hydroxylation is 1. The maximum atomic E-state index is 12.9. The van der Waals surface area contributed by atoms with Crippen LogP contribution in [-0.4, -0.2) is 207 Å². The largest absolute Gasteiger partial charge is 0.379 e. The van der Waals surface area contributed by atoms with Crippen LogP contribution in [0.2, 0.25) is 0 Å². The van der Waals surface area contributed by atoms with Gasteiger partial charge in [-0.25, -0.2) is 50.5 Å². The summed E-state index contributed by atoms with van der Waals surface area (Å²) in [4.78, 5) is 97.6. The summed E-state index contributed by atoms with van der Waals surface area (Å²) >= 11 is 3.31. The van der Waals surface area contributed by atoms with E-state index in [1.807, 2.05) is 31.2 Å². The van der Waals surface area contributed by atoms with Crippen LogP contribution in [0, 0.1) is 18.3 Å². The fourth-order valence-electron chi connectivity index (χ4n) is 13.8. The number of carbonyl (C=O) groups excluding carboxylic acids is 8. The number of anilines is 8. The molecule has 0 aliphatic carbocycles. The highest BCUT2D eigenvalue weighted by Gasteiger charge is 2.33. The number of ketones is 3. The van der Waals surface area contributed by atoms with Gasteiger partial charge >= 0.3 is 0 Å². The highest BCUT2D eigenvalue weighted by molar-refractivity contribution is 9.10. The number of halogens is 1. The first-order valence-electron chi connectivity index (χ1n) is 44.4. The Kier molecular flexibility index (Phi) is 40.9. The van der Waals surface area contributed by atoms with Crippen LogP contribution in [0.4, 0.5) is 45.5 Å². The highest BCUT2D eigenvalue weighted by atomic mass is 79.9. The normalized spacial score (nSPS) is 13.4. The van der Waals surface area contributed by atoms with Crippen LogP contribution in [0.15, 0.2) is 316 Å². The van der Waals surface area contributed by atoms with Crippen LogP contribution in [0.25, 0.3) is 0 Å². The molecule has 3 heterocycles. The van der Waals surface area contributed by atoms with E-state index in [1.54, 1.807) is 231 Å². The molecule has 0 radical (unpaired) electrons. The van der Waals surface area contributed by atoms with Crippen molar-refractivity contribution in [1.82, 2.24) is 12.9 Å². The van der Waals surface area contributed by atoms with Gasteiger partial charge in [0.1, 0.15) is 9.79 Å². The number of ether oxygens (including phenoxy) is 3. The Balaban J connectivity index is 0.000000178. The topological polar surface area (TPSA) is 499 Å². The molecule has 5 amide bonds. The summed E-state index contributed by atoms with van der Waals surface area (Å²) in [6.45, 7) is 10.3. The van der Waals surface area contributed by atoms with E-state index in [2.05, 4.69) is 56.7 Å². The molecule has 754 valence electrons. The van der Waals surface area contributed by atoms with Crippen LogP contribution in [0.1, 0.15) is 120 Å². The van der Waals surface area contributed by atoms with Gasteiger partial charge in [-0.05, 0) is 178 Å². The number of Topliss-reactive ketones (excluding diaryl/α,β-unsaturated/α-hetero) is 3. The molecule has 12 aromatic carbocycles. The first-order valence-corrected chi connectivity index (χ1v) is 55.0. The second-order valence-electron chi connectivity index (χ2n) is 32.0. The van der Waals surface area contributed by atoms with E-state index >= 15 is 0 Å². The number of nitrogens with zero attached hydrogens (tertiary/aromatic N) is 4. The lowest BCUT2D eigenvalue weighted by Gasteiger charge is -2.27. The average molecular weight is 2140 g/mol. The minimum absolute atomic E-state index is 0.0305. The molecule has 0 saturated carbocycles. The summed E-state index contributed by atoms with van der Waals surface area (Å²) in [6.07, 6.45) is 2.42. The van der Waals surface area contributed by atoms with Crippen LogP contribution in [0.3, 0.4) is 0 Å².